The molecule has 3 nitrogen and oxygen atoms in total. The molecule has 120 valence electrons. The molecule has 0 N–H and O–H groups in total. The Labute approximate surface area is 136 Å². The smallest absolute Gasteiger partial charge is 0.213 e. The van der Waals surface area contributed by atoms with Gasteiger partial charge < -0.3 is 0 Å². The third-order valence-corrected chi connectivity index (χ3v) is 4.06. The normalized spacial score (nSPS) is 13.3. The van der Waals surface area contributed by atoms with Gasteiger partial charge in [-0.25, -0.2) is 4.68 Å². The monoisotopic (exact) mass is 327 g/mol. The van der Waals surface area contributed by atoms with Crippen LogP contribution in [0.15, 0.2) is 54.7 Å². The van der Waals surface area contributed by atoms with E-state index < -0.39 is 11.7 Å². The van der Waals surface area contributed by atoms with E-state index in [1.54, 1.807) is 24.4 Å². The van der Waals surface area contributed by atoms with Gasteiger partial charge >= 0.3 is 6.18 Å². The first-order chi connectivity index (χ1) is 11.5. The summed E-state index contributed by atoms with van der Waals surface area (Å²) in [5.74, 6) is 0. The summed E-state index contributed by atoms with van der Waals surface area (Å²) < 4.78 is 41.7. The van der Waals surface area contributed by atoms with Crippen molar-refractivity contribution in [3.63, 3.8) is 0 Å². The average molecular weight is 327 g/mol. The van der Waals surface area contributed by atoms with E-state index in [1.165, 1.54) is 4.68 Å². The zero-order valence-electron chi connectivity index (χ0n) is 12.5. The summed E-state index contributed by atoms with van der Waals surface area (Å²) in [4.78, 5) is 0. The molecule has 0 amide bonds. The molecule has 6 heteroatoms. The van der Waals surface area contributed by atoms with Crippen molar-refractivity contribution < 1.29 is 13.2 Å². The van der Waals surface area contributed by atoms with Gasteiger partial charge in [-0.3, -0.25) is 0 Å². The van der Waals surface area contributed by atoms with Gasteiger partial charge in [0.1, 0.15) is 0 Å². The van der Waals surface area contributed by atoms with E-state index in [0.717, 1.165) is 11.6 Å². The molecule has 0 aliphatic heterocycles. The summed E-state index contributed by atoms with van der Waals surface area (Å²) in [6, 6.07) is 12.2. The molecule has 4 rings (SSSR count). The van der Waals surface area contributed by atoms with Crippen LogP contribution in [0.25, 0.3) is 23.0 Å². The van der Waals surface area contributed by atoms with Gasteiger partial charge in [0.25, 0.3) is 0 Å². The van der Waals surface area contributed by atoms with Gasteiger partial charge in [-0.15, -0.1) is 5.10 Å². The largest absolute Gasteiger partial charge is 0.416 e. The summed E-state index contributed by atoms with van der Waals surface area (Å²) in [5, 5.41) is 7.86. The van der Waals surface area contributed by atoms with Gasteiger partial charge in [0, 0.05) is 5.56 Å². The quantitative estimate of drug-likeness (QED) is 0.693. The lowest BCUT2D eigenvalue weighted by atomic mass is 10.0. The first kappa shape index (κ1) is 14.7. The van der Waals surface area contributed by atoms with Crippen LogP contribution in [-0.2, 0) is 12.6 Å². The summed E-state index contributed by atoms with van der Waals surface area (Å²) in [5.41, 5.74) is 2.11. The highest BCUT2D eigenvalue weighted by Gasteiger charge is 2.35. The highest BCUT2D eigenvalue weighted by atomic mass is 19.4. The molecule has 0 radical (unpaired) electrons. The van der Waals surface area contributed by atoms with Crippen LogP contribution < -0.4 is 0 Å². The Balaban J connectivity index is 1.90. The maximum atomic E-state index is 13.4. The highest BCUT2D eigenvalue weighted by molar-refractivity contribution is 5.67. The minimum Gasteiger partial charge on any atom is -0.213 e. The standard InChI is InChI=1S/C18H12F3N3/c19-18(20,21)16-10-14(9-13-7-4-8-15(13)16)24-17(11-22-23-24)12-5-2-1-3-6-12/h1-7,9-11H,8H2. The Kier molecular flexibility index (Phi) is 3.26. The molecule has 1 aromatic heterocycles. The zero-order valence-corrected chi connectivity index (χ0v) is 12.5. The van der Waals surface area contributed by atoms with Crippen molar-refractivity contribution in [2.24, 2.45) is 0 Å². The summed E-state index contributed by atoms with van der Waals surface area (Å²) in [6.07, 6.45) is 0.898. The van der Waals surface area contributed by atoms with Crippen molar-refractivity contribution in [2.75, 3.05) is 0 Å². The second-order valence-corrected chi connectivity index (χ2v) is 5.56. The predicted octanol–water partition coefficient (Wildman–Crippen LogP) is 4.52. The van der Waals surface area contributed by atoms with Crippen LogP contribution in [0.4, 0.5) is 13.2 Å². The van der Waals surface area contributed by atoms with Gasteiger partial charge in [-0.05, 0) is 29.7 Å². The summed E-state index contributed by atoms with van der Waals surface area (Å²) >= 11 is 0. The summed E-state index contributed by atoms with van der Waals surface area (Å²) in [6.45, 7) is 0. The third kappa shape index (κ3) is 2.40. The number of halogens is 3. The molecule has 0 atom stereocenters. The number of hydrogen-bond acceptors (Lipinski definition) is 2. The van der Waals surface area contributed by atoms with Crippen LogP contribution in [0.1, 0.15) is 16.7 Å². The van der Waals surface area contributed by atoms with Crippen LogP contribution in [0.3, 0.4) is 0 Å². The van der Waals surface area contributed by atoms with E-state index in [9.17, 15) is 13.2 Å². The molecule has 3 aromatic rings. The number of rotatable bonds is 2. The number of allylic oxidation sites excluding steroid dienone is 1. The van der Waals surface area contributed by atoms with Gasteiger partial charge in [-0.2, -0.15) is 13.2 Å². The van der Waals surface area contributed by atoms with Crippen LogP contribution in [0, 0.1) is 0 Å². The van der Waals surface area contributed by atoms with Crippen LogP contribution in [0.2, 0.25) is 0 Å². The lowest BCUT2D eigenvalue weighted by molar-refractivity contribution is -0.138. The minimum atomic E-state index is -4.40. The molecule has 2 aromatic carbocycles. The SMILES string of the molecule is FC(F)(F)c1cc(-n2nncc2-c2ccccc2)cc2c1CC=C2. The Morgan fingerprint density at radius 2 is 1.83 bits per heavy atom. The first-order valence-electron chi connectivity index (χ1n) is 7.41. The van der Waals surface area contributed by atoms with Crippen LogP contribution >= 0.6 is 0 Å². The average Bonchev–Trinajstić information content (AvgIpc) is 3.22. The van der Waals surface area contributed by atoms with Crippen molar-refractivity contribution in [3.05, 3.63) is 71.4 Å². The highest BCUT2D eigenvalue weighted by Crippen LogP contribution is 2.38. The Morgan fingerprint density at radius 3 is 2.58 bits per heavy atom. The van der Waals surface area contributed by atoms with E-state index in [-0.39, 0.29) is 0 Å². The molecule has 1 aliphatic carbocycles. The second kappa shape index (κ2) is 5.33. The first-order valence-corrected chi connectivity index (χ1v) is 7.41. The molecule has 1 heterocycles. The van der Waals surface area contributed by atoms with Crippen molar-refractivity contribution >= 4 is 6.08 Å². The number of aromatic nitrogens is 3. The molecular formula is C18H12F3N3. The molecule has 0 bridgehead atoms. The minimum absolute atomic E-state index is 0.299. The predicted molar refractivity (Wildman–Crippen MR) is 84.5 cm³/mol. The number of alkyl halides is 3. The number of fused-ring (bicyclic) bond motifs is 1. The molecule has 0 spiro atoms. The Bertz CT molecular complexity index is 924. The molecule has 24 heavy (non-hydrogen) atoms. The fourth-order valence-corrected chi connectivity index (χ4v) is 2.97. The molecule has 0 fully saturated rings. The fourth-order valence-electron chi connectivity index (χ4n) is 2.97. The van der Waals surface area contributed by atoms with Gasteiger partial charge in [-0.1, -0.05) is 47.7 Å². The van der Waals surface area contributed by atoms with Crippen molar-refractivity contribution in [1.82, 2.24) is 15.0 Å². The van der Waals surface area contributed by atoms with Crippen molar-refractivity contribution in [2.45, 2.75) is 12.6 Å². The third-order valence-electron chi connectivity index (χ3n) is 4.06. The Hall–Kier alpha value is -2.89. The molecular weight excluding hydrogens is 315 g/mol. The topological polar surface area (TPSA) is 30.7 Å². The van der Waals surface area contributed by atoms with Gasteiger partial charge in [0.15, 0.2) is 0 Å². The van der Waals surface area contributed by atoms with Crippen LogP contribution in [-0.4, -0.2) is 15.0 Å². The fraction of sp³-hybridized carbons (Fsp3) is 0.111. The van der Waals surface area contributed by atoms with E-state index in [0.29, 0.717) is 28.9 Å². The lowest BCUT2D eigenvalue weighted by Gasteiger charge is -2.15. The molecule has 1 aliphatic rings. The van der Waals surface area contributed by atoms with E-state index in [2.05, 4.69) is 10.3 Å². The van der Waals surface area contributed by atoms with E-state index >= 15 is 0 Å². The lowest BCUT2D eigenvalue weighted by Crippen LogP contribution is -2.11. The zero-order chi connectivity index (χ0) is 16.7. The number of hydrogen-bond donors (Lipinski definition) is 0. The molecule has 0 unspecified atom stereocenters. The van der Waals surface area contributed by atoms with Gasteiger partial charge in [0.2, 0.25) is 0 Å². The van der Waals surface area contributed by atoms with Crippen molar-refractivity contribution in [1.29, 1.82) is 0 Å². The van der Waals surface area contributed by atoms with E-state index in [4.69, 9.17) is 0 Å². The maximum absolute atomic E-state index is 13.4. The molecule has 0 saturated heterocycles. The number of nitrogens with zero attached hydrogens (tertiary/aromatic N) is 3. The van der Waals surface area contributed by atoms with Crippen molar-refractivity contribution in [3.8, 4) is 16.9 Å². The second-order valence-electron chi connectivity index (χ2n) is 5.56. The molecule has 0 saturated carbocycles. The van der Waals surface area contributed by atoms with Gasteiger partial charge in [0.05, 0.1) is 23.1 Å². The Morgan fingerprint density at radius 1 is 1.04 bits per heavy atom. The maximum Gasteiger partial charge on any atom is 0.416 e. The number of benzene rings is 2. The van der Waals surface area contributed by atoms with Crippen LogP contribution in [0.5, 0.6) is 0 Å². The summed E-state index contributed by atoms with van der Waals surface area (Å²) in [7, 11) is 0. The van der Waals surface area contributed by atoms with E-state index in [1.807, 2.05) is 30.3 Å².